The van der Waals surface area contributed by atoms with Gasteiger partial charge in [0, 0.05) is 24.2 Å². The molecule has 1 aliphatic rings. The number of allylic oxidation sites excluding steroid dienone is 1. The van der Waals surface area contributed by atoms with Crippen LogP contribution in [0.25, 0.3) is 0 Å². The van der Waals surface area contributed by atoms with Crippen molar-refractivity contribution < 1.29 is 14.3 Å². The Morgan fingerprint density at radius 2 is 1.64 bits per heavy atom. The Hall–Kier alpha value is -3.12. The number of halogens is 1. The van der Waals surface area contributed by atoms with Crippen LogP contribution in [0.2, 0.25) is 5.02 Å². The Bertz CT molecular complexity index is 1220. The number of nitrogens with two attached hydrogens (primary N) is 1. The summed E-state index contributed by atoms with van der Waals surface area (Å²) in [5, 5.41) is 0.579. The molecular formula is C33H39ClN2O3. The molecule has 1 heterocycles. The number of ether oxygens (including phenoxy) is 2. The summed E-state index contributed by atoms with van der Waals surface area (Å²) in [5.74, 6) is 0.302. The average Bonchev–Trinajstić information content (AvgIpc) is 3.43. The predicted molar refractivity (Wildman–Crippen MR) is 158 cm³/mol. The van der Waals surface area contributed by atoms with E-state index in [1.807, 2.05) is 91.9 Å². The summed E-state index contributed by atoms with van der Waals surface area (Å²) in [6.45, 7) is 8.56. The van der Waals surface area contributed by atoms with Crippen molar-refractivity contribution in [2.75, 3.05) is 13.1 Å². The number of hydrogen-bond acceptors (Lipinski definition) is 4. The second-order valence-electron chi connectivity index (χ2n) is 10.8. The van der Waals surface area contributed by atoms with Gasteiger partial charge in [-0.1, -0.05) is 90.5 Å². The maximum Gasteiger partial charge on any atom is 0.232 e. The molecule has 3 aromatic rings. The minimum Gasteiger partial charge on any atom is -0.464 e. The SMILES string of the molecule is CC=COc1cccc(CO[C@@H]2CCN(C(C)(C)CCC(C(N)=O)(c3ccccc3)c3ccccc3)C2)c1Cl. The molecule has 4 rings (SSSR count). The van der Waals surface area contributed by atoms with Crippen LogP contribution in [-0.4, -0.2) is 35.5 Å². The van der Waals surface area contributed by atoms with Gasteiger partial charge in [0.25, 0.3) is 0 Å². The average molecular weight is 547 g/mol. The van der Waals surface area contributed by atoms with Crippen LogP contribution in [0.4, 0.5) is 0 Å². The second kappa shape index (κ2) is 12.8. The molecule has 39 heavy (non-hydrogen) atoms. The van der Waals surface area contributed by atoms with Crippen molar-refractivity contribution in [3.05, 3.63) is 113 Å². The molecule has 0 bridgehead atoms. The third-order valence-corrected chi connectivity index (χ3v) is 8.34. The van der Waals surface area contributed by atoms with Crippen LogP contribution < -0.4 is 10.5 Å². The van der Waals surface area contributed by atoms with Gasteiger partial charge in [-0.05, 0) is 57.2 Å². The highest BCUT2D eigenvalue weighted by atomic mass is 35.5. The third-order valence-electron chi connectivity index (χ3n) is 7.92. The lowest BCUT2D eigenvalue weighted by Gasteiger charge is -2.40. The third kappa shape index (κ3) is 6.55. The Morgan fingerprint density at radius 3 is 2.23 bits per heavy atom. The zero-order valence-corrected chi connectivity index (χ0v) is 23.9. The summed E-state index contributed by atoms with van der Waals surface area (Å²) in [6, 6.07) is 25.6. The first-order valence-corrected chi connectivity index (χ1v) is 14.0. The van der Waals surface area contributed by atoms with Crippen LogP contribution in [0.15, 0.2) is 91.2 Å². The molecule has 1 fully saturated rings. The fraction of sp³-hybridized carbons (Fsp3) is 0.364. The van der Waals surface area contributed by atoms with E-state index >= 15 is 0 Å². The van der Waals surface area contributed by atoms with Crippen LogP contribution in [0.3, 0.4) is 0 Å². The summed E-state index contributed by atoms with van der Waals surface area (Å²) in [4.78, 5) is 15.7. The van der Waals surface area contributed by atoms with Crippen molar-refractivity contribution in [2.45, 2.75) is 63.7 Å². The van der Waals surface area contributed by atoms with Crippen molar-refractivity contribution in [3.8, 4) is 5.75 Å². The summed E-state index contributed by atoms with van der Waals surface area (Å²) >= 11 is 6.55. The van der Waals surface area contributed by atoms with Crippen molar-refractivity contribution in [2.24, 2.45) is 5.73 Å². The molecule has 206 valence electrons. The number of primary amides is 1. The fourth-order valence-electron chi connectivity index (χ4n) is 5.48. The van der Waals surface area contributed by atoms with Crippen molar-refractivity contribution in [3.63, 3.8) is 0 Å². The maximum absolute atomic E-state index is 13.2. The Balaban J connectivity index is 1.44. The summed E-state index contributed by atoms with van der Waals surface area (Å²) in [6.07, 6.45) is 5.88. The molecule has 0 aromatic heterocycles. The second-order valence-corrected chi connectivity index (χ2v) is 11.2. The molecule has 1 saturated heterocycles. The van der Waals surface area contributed by atoms with Crippen LogP contribution in [0.5, 0.6) is 5.75 Å². The van der Waals surface area contributed by atoms with Gasteiger partial charge in [-0.2, -0.15) is 0 Å². The van der Waals surface area contributed by atoms with E-state index in [9.17, 15) is 4.79 Å². The van der Waals surface area contributed by atoms with E-state index in [1.54, 1.807) is 6.26 Å². The molecule has 0 aliphatic carbocycles. The molecule has 6 heteroatoms. The van der Waals surface area contributed by atoms with Crippen LogP contribution in [0.1, 0.15) is 56.7 Å². The van der Waals surface area contributed by atoms with Crippen LogP contribution >= 0.6 is 11.6 Å². The highest BCUT2D eigenvalue weighted by Crippen LogP contribution is 2.40. The Morgan fingerprint density at radius 1 is 1.00 bits per heavy atom. The van der Waals surface area contributed by atoms with Crippen LogP contribution in [0, 0.1) is 0 Å². The molecule has 3 aromatic carbocycles. The highest BCUT2D eigenvalue weighted by molar-refractivity contribution is 6.32. The number of hydrogen-bond donors (Lipinski definition) is 1. The van der Waals surface area contributed by atoms with E-state index in [0.29, 0.717) is 23.8 Å². The molecule has 1 amide bonds. The van der Waals surface area contributed by atoms with Gasteiger partial charge in [0.15, 0.2) is 0 Å². The van der Waals surface area contributed by atoms with E-state index in [-0.39, 0.29) is 17.6 Å². The normalized spacial score (nSPS) is 16.6. The summed E-state index contributed by atoms with van der Waals surface area (Å²) in [7, 11) is 0. The first-order valence-electron chi connectivity index (χ1n) is 13.6. The van der Waals surface area contributed by atoms with E-state index in [0.717, 1.165) is 42.6 Å². The Labute approximate surface area is 237 Å². The van der Waals surface area contributed by atoms with Crippen molar-refractivity contribution in [1.29, 1.82) is 0 Å². The maximum atomic E-state index is 13.2. The lowest BCUT2D eigenvalue weighted by Crippen LogP contribution is -2.47. The standard InChI is InChI=1S/C33H39ClN2O3/c1-4-22-38-29-17-11-12-25(30(29)34)24-39-28-18-21-36(23-28)32(2,3)19-20-33(31(35)37,26-13-7-5-8-14-26)27-15-9-6-10-16-27/h4-17,22,28H,18-21,23-24H2,1-3H3,(H2,35,37)/t28-/m1/s1. The van der Waals surface area contributed by atoms with Gasteiger partial charge in [-0.25, -0.2) is 0 Å². The predicted octanol–water partition coefficient (Wildman–Crippen LogP) is 6.87. The molecule has 2 N–H and O–H groups in total. The van der Waals surface area contributed by atoms with Gasteiger partial charge in [0.1, 0.15) is 5.75 Å². The zero-order valence-electron chi connectivity index (χ0n) is 23.1. The van der Waals surface area contributed by atoms with Gasteiger partial charge >= 0.3 is 0 Å². The number of benzene rings is 3. The zero-order chi connectivity index (χ0) is 27.9. The van der Waals surface area contributed by atoms with Gasteiger partial charge in [0.05, 0.1) is 29.4 Å². The number of carbonyl (C=O) groups is 1. The number of amides is 1. The molecule has 0 unspecified atom stereocenters. The molecule has 1 atom stereocenters. The van der Waals surface area contributed by atoms with Crippen molar-refractivity contribution >= 4 is 17.5 Å². The topological polar surface area (TPSA) is 64.8 Å². The van der Waals surface area contributed by atoms with E-state index in [2.05, 4.69) is 18.7 Å². The lowest BCUT2D eigenvalue weighted by molar-refractivity contribution is -0.122. The van der Waals surface area contributed by atoms with Gasteiger partial charge in [-0.3, -0.25) is 9.69 Å². The summed E-state index contributed by atoms with van der Waals surface area (Å²) in [5.41, 5.74) is 7.91. The van der Waals surface area contributed by atoms with E-state index < -0.39 is 5.41 Å². The molecule has 0 saturated carbocycles. The monoisotopic (exact) mass is 546 g/mol. The number of likely N-dealkylation sites (tertiary alicyclic amines) is 1. The first-order chi connectivity index (χ1) is 18.8. The largest absolute Gasteiger partial charge is 0.464 e. The van der Waals surface area contributed by atoms with Gasteiger partial charge in [0.2, 0.25) is 5.91 Å². The van der Waals surface area contributed by atoms with Crippen LogP contribution in [-0.2, 0) is 21.6 Å². The molecule has 0 spiro atoms. The van der Waals surface area contributed by atoms with Crippen molar-refractivity contribution in [1.82, 2.24) is 4.90 Å². The van der Waals surface area contributed by atoms with E-state index in [1.165, 1.54) is 0 Å². The number of carbonyl (C=O) groups excluding carboxylic acids is 1. The highest BCUT2D eigenvalue weighted by Gasteiger charge is 2.43. The van der Waals surface area contributed by atoms with Gasteiger partial charge < -0.3 is 15.2 Å². The minimum atomic E-state index is -0.897. The number of nitrogens with zero attached hydrogens (tertiary/aromatic N) is 1. The lowest BCUT2D eigenvalue weighted by atomic mass is 9.69. The first kappa shape index (κ1) is 28.9. The number of rotatable bonds is 12. The quantitative estimate of drug-likeness (QED) is 0.252. The molecular weight excluding hydrogens is 508 g/mol. The smallest absolute Gasteiger partial charge is 0.232 e. The Kier molecular flexibility index (Phi) is 9.49. The van der Waals surface area contributed by atoms with E-state index in [4.69, 9.17) is 26.8 Å². The minimum absolute atomic E-state index is 0.101. The molecule has 0 radical (unpaired) electrons. The summed E-state index contributed by atoms with van der Waals surface area (Å²) < 4.78 is 11.9. The van der Waals surface area contributed by atoms with Gasteiger partial charge in [-0.15, -0.1) is 0 Å². The molecule has 1 aliphatic heterocycles. The molecule has 5 nitrogen and oxygen atoms in total. The fourth-order valence-corrected chi connectivity index (χ4v) is 5.71.